The van der Waals surface area contributed by atoms with Crippen molar-refractivity contribution in [3.05, 3.63) is 41.1 Å². The average molecular weight is 412 g/mol. The fourth-order valence-corrected chi connectivity index (χ4v) is 6.36. The Morgan fingerprint density at radius 1 is 1.33 bits per heavy atom. The minimum absolute atomic E-state index is 0.00568. The number of nitrogens with zero attached hydrogens (tertiary/aromatic N) is 1. The standard InChI is InChI=1S/C23H28N2O5/c1-4-29-22(27)30-13(2)15-12-25-10-9-23-16-7-5-6-8-17(16)24-20(23)19(21(26)28-3)14(15)11-18(23)25/h5-8,13-15,18,24H,4,9-12H2,1-3H3/t13-,14+,15-,18+,23-/m1/s1. The zero-order valence-corrected chi connectivity index (χ0v) is 17.6. The quantitative estimate of drug-likeness (QED) is 0.762. The van der Waals surface area contributed by atoms with Crippen LogP contribution in [0.25, 0.3) is 0 Å². The number of ether oxygens (including phenoxy) is 3. The topological polar surface area (TPSA) is 77.1 Å². The van der Waals surface area contributed by atoms with Gasteiger partial charge in [0.1, 0.15) is 6.10 Å². The lowest BCUT2D eigenvalue weighted by Crippen LogP contribution is -2.57. The molecule has 0 saturated carbocycles. The second-order valence-corrected chi connectivity index (χ2v) is 8.69. The number of nitrogens with one attached hydrogen (secondary N) is 1. The maximum atomic E-state index is 13.1. The van der Waals surface area contributed by atoms with E-state index in [-0.39, 0.29) is 35.9 Å². The number of fused-ring (bicyclic) bond motifs is 2. The highest BCUT2D eigenvalue weighted by atomic mass is 16.7. The molecule has 0 aromatic heterocycles. The number of methoxy groups -OCH3 is 1. The van der Waals surface area contributed by atoms with Gasteiger partial charge in [-0.15, -0.1) is 0 Å². The Bertz CT molecular complexity index is 928. The Kier molecular flexibility index (Phi) is 4.54. The van der Waals surface area contributed by atoms with Gasteiger partial charge in [-0.3, -0.25) is 4.90 Å². The van der Waals surface area contributed by atoms with Crippen molar-refractivity contribution >= 4 is 17.8 Å². The zero-order valence-electron chi connectivity index (χ0n) is 17.6. The van der Waals surface area contributed by atoms with Crippen LogP contribution in [0.15, 0.2) is 35.5 Å². The van der Waals surface area contributed by atoms with Gasteiger partial charge in [-0.05, 0) is 44.9 Å². The van der Waals surface area contributed by atoms with Gasteiger partial charge in [0.15, 0.2) is 0 Å². The molecule has 7 heteroatoms. The van der Waals surface area contributed by atoms with Crippen molar-refractivity contribution in [3.8, 4) is 0 Å². The van der Waals surface area contributed by atoms with E-state index in [9.17, 15) is 9.59 Å². The third-order valence-electron chi connectivity index (χ3n) is 7.55. The molecule has 0 amide bonds. The summed E-state index contributed by atoms with van der Waals surface area (Å²) in [5.74, 6) is -0.332. The van der Waals surface area contributed by atoms with Crippen molar-refractivity contribution in [2.24, 2.45) is 11.8 Å². The molecule has 1 spiro atoms. The van der Waals surface area contributed by atoms with Crippen molar-refractivity contribution in [3.63, 3.8) is 0 Å². The van der Waals surface area contributed by atoms with Gasteiger partial charge in [0, 0.05) is 35.8 Å². The normalized spacial score (nSPS) is 32.0. The van der Waals surface area contributed by atoms with E-state index in [1.54, 1.807) is 6.92 Å². The first-order valence-corrected chi connectivity index (χ1v) is 10.8. The molecule has 3 aliphatic heterocycles. The van der Waals surface area contributed by atoms with Crippen molar-refractivity contribution in [2.45, 2.75) is 44.2 Å². The Labute approximate surface area is 176 Å². The highest BCUT2D eigenvalue weighted by Crippen LogP contribution is 2.61. The summed E-state index contributed by atoms with van der Waals surface area (Å²) in [5.41, 5.74) is 3.88. The summed E-state index contributed by atoms with van der Waals surface area (Å²) in [6.45, 7) is 5.67. The molecule has 2 fully saturated rings. The van der Waals surface area contributed by atoms with E-state index < -0.39 is 6.16 Å². The SMILES string of the molecule is CCOC(=O)O[C@H](C)[C@H]1CN2CC[C@]34C(=C(C(=O)OC)[C@H]1C[C@H]23)Nc1ccccc14. The molecule has 3 heterocycles. The van der Waals surface area contributed by atoms with Crippen molar-refractivity contribution in [2.75, 3.05) is 32.1 Å². The summed E-state index contributed by atoms with van der Waals surface area (Å²) in [7, 11) is 1.44. The number of rotatable bonds is 4. The Morgan fingerprint density at radius 2 is 2.13 bits per heavy atom. The van der Waals surface area contributed by atoms with Crippen molar-refractivity contribution < 1.29 is 23.8 Å². The van der Waals surface area contributed by atoms with Gasteiger partial charge in [0.05, 0.1) is 24.7 Å². The molecular weight excluding hydrogens is 384 g/mol. The molecule has 160 valence electrons. The number of hydrogen-bond donors (Lipinski definition) is 1. The van der Waals surface area contributed by atoms with Crippen LogP contribution in [-0.4, -0.2) is 56.0 Å². The lowest BCUT2D eigenvalue weighted by Gasteiger charge is -2.51. The zero-order chi connectivity index (χ0) is 21.0. The second-order valence-electron chi connectivity index (χ2n) is 8.69. The molecule has 4 aliphatic rings. The molecule has 1 N–H and O–H groups in total. The maximum Gasteiger partial charge on any atom is 0.508 e. The molecule has 0 radical (unpaired) electrons. The predicted octanol–water partition coefficient (Wildman–Crippen LogP) is 3.06. The molecule has 1 aliphatic carbocycles. The van der Waals surface area contributed by atoms with Crippen LogP contribution in [0.4, 0.5) is 10.5 Å². The van der Waals surface area contributed by atoms with Crippen LogP contribution in [0, 0.1) is 11.8 Å². The van der Waals surface area contributed by atoms with E-state index in [2.05, 4.69) is 28.4 Å². The predicted molar refractivity (Wildman–Crippen MR) is 110 cm³/mol. The summed E-state index contributed by atoms with van der Waals surface area (Å²) in [6, 6.07) is 8.70. The largest absolute Gasteiger partial charge is 0.508 e. The van der Waals surface area contributed by atoms with Crippen LogP contribution >= 0.6 is 0 Å². The van der Waals surface area contributed by atoms with Gasteiger partial charge < -0.3 is 19.5 Å². The Balaban J connectivity index is 1.60. The number of benzene rings is 1. The molecule has 1 aromatic carbocycles. The van der Waals surface area contributed by atoms with Crippen molar-refractivity contribution in [1.29, 1.82) is 0 Å². The number of carbonyl (C=O) groups excluding carboxylic acids is 2. The summed E-state index contributed by atoms with van der Waals surface area (Å²) in [4.78, 5) is 27.5. The molecule has 0 unspecified atom stereocenters. The third kappa shape index (κ3) is 2.54. The van der Waals surface area contributed by atoms with Gasteiger partial charge >= 0.3 is 12.1 Å². The monoisotopic (exact) mass is 412 g/mol. The van der Waals surface area contributed by atoms with Crippen LogP contribution in [-0.2, 0) is 24.4 Å². The first-order valence-electron chi connectivity index (χ1n) is 10.8. The molecule has 5 rings (SSSR count). The second kappa shape index (κ2) is 7.01. The minimum Gasteiger partial charge on any atom is -0.466 e. The molecule has 5 atom stereocenters. The fourth-order valence-electron chi connectivity index (χ4n) is 6.36. The van der Waals surface area contributed by atoms with E-state index in [1.165, 1.54) is 12.7 Å². The minimum atomic E-state index is -0.655. The number of para-hydroxylation sites is 1. The average Bonchev–Trinajstić information content (AvgIpc) is 3.29. The molecule has 2 saturated heterocycles. The van der Waals surface area contributed by atoms with Gasteiger partial charge in [-0.25, -0.2) is 9.59 Å². The van der Waals surface area contributed by atoms with E-state index in [1.807, 2.05) is 13.0 Å². The number of carbonyl (C=O) groups is 2. The van der Waals surface area contributed by atoms with Gasteiger partial charge in [-0.2, -0.15) is 0 Å². The van der Waals surface area contributed by atoms with E-state index in [4.69, 9.17) is 14.2 Å². The third-order valence-corrected chi connectivity index (χ3v) is 7.55. The lowest BCUT2D eigenvalue weighted by atomic mass is 9.60. The van der Waals surface area contributed by atoms with Crippen molar-refractivity contribution in [1.82, 2.24) is 4.90 Å². The molecular formula is C23H28N2O5. The highest BCUT2D eigenvalue weighted by molar-refractivity contribution is 5.93. The van der Waals surface area contributed by atoms with Crippen LogP contribution in [0.3, 0.4) is 0 Å². The Morgan fingerprint density at radius 3 is 2.90 bits per heavy atom. The van der Waals surface area contributed by atoms with E-state index >= 15 is 0 Å². The van der Waals surface area contributed by atoms with E-state index in [0.29, 0.717) is 6.04 Å². The first-order chi connectivity index (χ1) is 14.5. The number of anilines is 1. The van der Waals surface area contributed by atoms with Gasteiger partial charge in [-0.1, -0.05) is 18.2 Å². The Hall–Kier alpha value is -2.54. The summed E-state index contributed by atoms with van der Waals surface area (Å²) in [5, 5.41) is 3.59. The summed E-state index contributed by atoms with van der Waals surface area (Å²) >= 11 is 0. The van der Waals surface area contributed by atoms with Gasteiger partial charge in [0.25, 0.3) is 0 Å². The number of esters is 1. The van der Waals surface area contributed by atoms with Crippen LogP contribution in [0.2, 0.25) is 0 Å². The molecule has 2 bridgehead atoms. The van der Waals surface area contributed by atoms with Crippen LogP contribution < -0.4 is 5.32 Å². The summed E-state index contributed by atoms with van der Waals surface area (Å²) in [6.07, 6.45) is 0.791. The van der Waals surface area contributed by atoms with Crippen LogP contribution in [0.5, 0.6) is 0 Å². The molecule has 30 heavy (non-hydrogen) atoms. The number of hydrogen-bond acceptors (Lipinski definition) is 7. The summed E-state index contributed by atoms with van der Waals surface area (Å²) < 4.78 is 15.8. The smallest absolute Gasteiger partial charge is 0.466 e. The highest BCUT2D eigenvalue weighted by Gasteiger charge is 2.63. The first kappa shape index (κ1) is 19.4. The molecule has 1 aromatic rings. The molecule has 7 nitrogen and oxygen atoms in total. The van der Waals surface area contributed by atoms with E-state index in [0.717, 1.165) is 42.9 Å². The fraction of sp³-hybridized carbons (Fsp3) is 0.565. The van der Waals surface area contributed by atoms with Gasteiger partial charge in [0.2, 0.25) is 0 Å². The maximum absolute atomic E-state index is 13.1. The number of piperidine rings is 1. The van der Waals surface area contributed by atoms with Crippen LogP contribution in [0.1, 0.15) is 32.3 Å². The lowest BCUT2D eigenvalue weighted by molar-refractivity contribution is -0.138.